The molecule has 4 N–H and O–H groups in total. The molecule has 2 aromatic rings. The van der Waals surface area contributed by atoms with Crippen molar-refractivity contribution in [3.8, 4) is 11.5 Å². The van der Waals surface area contributed by atoms with Crippen molar-refractivity contribution in [1.82, 2.24) is 10.2 Å². The second-order valence-electron chi connectivity index (χ2n) is 11.4. The first-order valence-electron chi connectivity index (χ1n) is 14.7. The van der Waals surface area contributed by atoms with Crippen LogP contribution in [0.4, 0.5) is 0 Å². The van der Waals surface area contributed by atoms with Crippen LogP contribution in [-0.2, 0) is 22.7 Å². The molecule has 1 fully saturated rings. The van der Waals surface area contributed by atoms with Crippen LogP contribution in [0.2, 0.25) is 5.02 Å². The molecule has 0 unspecified atom stereocenters. The SMILES string of the molecule is COc1cc(CO)cc2c1O[C@@H]1[C@@H](O)[C@H](N(Cc3ccc(Cl)cc3)C(=O)CCC3CCCC3)C=C(C(=O)NCCO)[C@H]21. The van der Waals surface area contributed by atoms with Gasteiger partial charge in [-0.05, 0) is 53.8 Å². The largest absolute Gasteiger partial charge is 0.493 e. The van der Waals surface area contributed by atoms with Crippen molar-refractivity contribution in [3.05, 3.63) is 69.8 Å². The Morgan fingerprint density at radius 3 is 2.52 bits per heavy atom. The highest BCUT2D eigenvalue weighted by Crippen LogP contribution is 2.51. The average Bonchev–Trinajstić information content (AvgIpc) is 3.67. The lowest BCUT2D eigenvalue weighted by atomic mass is 9.77. The van der Waals surface area contributed by atoms with E-state index in [1.807, 2.05) is 12.1 Å². The van der Waals surface area contributed by atoms with Crippen LogP contribution in [0.1, 0.15) is 61.1 Å². The molecule has 226 valence electrons. The summed E-state index contributed by atoms with van der Waals surface area (Å²) < 4.78 is 11.9. The fourth-order valence-electron chi connectivity index (χ4n) is 6.54. The van der Waals surface area contributed by atoms with Gasteiger partial charge in [0, 0.05) is 35.7 Å². The number of hydrogen-bond acceptors (Lipinski definition) is 7. The molecule has 4 atom stereocenters. The Morgan fingerprint density at radius 1 is 1.12 bits per heavy atom. The predicted octanol–water partition coefficient (Wildman–Crippen LogP) is 3.46. The van der Waals surface area contributed by atoms with Gasteiger partial charge in [0.1, 0.15) is 12.2 Å². The fourth-order valence-corrected chi connectivity index (χ4v) is 6.66. The second-order valence-corrected chi connectivity index (χ2v) is 11.8. The zero-order chi connectivity index (χ0) is 29.8. The first-order valence-corrected chi connectivity index (χ1v) is 15.0. The normalized spacial score (nSPS) is 23.0. The van der Waals surface area contributed by atoms with Gasteiger partial charge in [-0.25, -0.2) is 0 Å². The van der Waals surface area contributed by atoms with Crippen LogP contribution in [0.25, 0.3) is 0 Å². The smallest absolute Gasteiger partial charge is 0.247 e. The minimum atomic E-state index is -1.16. The summed E-state index contributed by atoms with van der Waals surface area (Å²) in [6.45, 7) is -0.223. The number of nitrogens with zero attached hydrogens (tertiary/aromatic N) is 1. The van der Waals surface area contributed by atoms with E-state index in [4.69, 9.17) is 21.1 Å². The summed E-state index contributed by atoms with van der Waals surface area (Å²) in [4.78, 5) is 29.1. The van der Waals surface area contributed by atoms with E-state index in [1.54, 1.807) is 35.2 Å². The number of aliphatic hydroxyl groups is 3. The number of aliphatic hydroxyl groups excluding tert-OH is 3. The molecule has 0 spiro atoms. The lowest BCUT2D eigenvalue weighted by Gasteiger charge is -2.41. The van der Waals surface area contributed by atoms with Gasteiger partial charge in [-0.1, -0.05) is 49.4 Å². The number of nitrogens with one attached hydrogen (secondary N) is 1. The minimum Gasteiger partial charge on any atom is -0.493 e. The van der Waals surface area contributed by atoms with E-state index in [1.165, 1.54) is 20.0 Å². The average molecular weight is 599 g/mol. The molecule has 9 nitrogen and oxygen atoms in total. The monoisotopic (exact) mass is 598 g/mol. The summed E-state index contributed by atoms with van der Waals surface area (Å²) in [5.74, 6) is 0.0871. The second kappa shape index (κ2) is 13.5. The van der Waals surface area contributed by atoms with E-state index in [-0.39, 0.29) is 32.2 Å². The number of methoxy groups -OCH3 is 1. The molecule has 0 bridgehead atoms. The quantitative estimate of drug-likeness (QED) is 0.312. The van der Waals surface area contributed by atoms with Gasteiger partial charge in [-0.3, -0.25) is 9.59 Å². The van der Waals surface area contributed by atoms with E-state index >= 15 is 0 Å². The van der Waals surface area contributed by atoms with Crippen LogP contribution in [-0.4, -0.2) is 70.5 Å². The lowest BCUT2D eigenvalue weighted by molar-refractivity contribution is -0.138. The maximum absolute atomic E-state index is 13.9. The number of amides is 2. The summed E-state index contributed by atoms with van der Waals surface area (Å²) in [6.07, 6.45) is 5.35. The molecule has 2 aliphatic carbocycles. The Morgan fingerprint density at radius 2 is 1.86 bits per heavy atom. The number of rotatable bonds is 11. The standard InChI is InChI=1S/C32H39ClN2O7/c1-41-26-15-21(18-37)14-23-28-24(32(40)34-12-13-36)16-25(29(39)31(28)42-30(23)26)35(17-20-6-9-22(33)10-7-20)27(38)11-8-19-4-2-3-5-19/h6-7,9-10,14-16,19,25,28-29,31,36-37,39H,2-5,8,11-13,17-18H2,1H3,(H,34,40)/t25-,28+,29+,31+/m1/s1. The zero-order valence-corrected chi connectivity index (χ0v) is 24.6. The minimum absolute atomic E-state index is 0.0449. The molecule has 1 heterocycles. The summed E-state index contributed by atoms with van der Waals surface area (Å²) in [6, 6.07) is 9.77. The summed E-state index contributed by atoms with van der Waals surface area (Å²) in [5.41, 5.74) is 2.35. The van der Waals surface area contributed by atoms with Crippen molar-refractivity contribution in [2.45, 2.75) is 75.8 Å². The van der Waals surface area contributed by atoms with Gasteiger partial charge in [0.2, 0.25) is 11.8 Å². The molecule has 5 rings (SSSR count). The van der Waals surface area contributed by atoms with Crippen molar-refractivity contribution < 1.29 is 34.4 Å². The predicted molar refractivity (Wildman–Crippen MR) is 157 cm³/mol. The third-order valence-corrected chi connectivity index (χ3v) is 8.93. The van der Waals surface area contributed by atoms with E-state index in [2.05, 4.69) is 5.32 Å². The van der Waals surface area contributed by atoms with E-state index < -0.39 is 30.1 Å². The van der Waals surface area contributed by atoms with Crippen LogP contribution in [0.15, 0.2) is 48.0 Å². The summed E-state index contributed by atoms with van der Waals surface area (Å²) in [5, 5.41) is 34.4. The van der Waals surface area contributed by atoms with Gasteiger partial charge < -0.3 is 35.0 Å². The topological polar surface area (TPSA) is 129 Å². The molecule has 0 radical (unpaired) electrons. The molecule has 1 saturated carbocycles. The first-order chi connectivity index (χ1) is 20.3. The zero-order valence-electron chi connectivity index (χ0n) is 23.8. The lowest BCUT2D eigenvalue weighted by Crippen LogP contribution is -2.55. The third-order valence-electron chi connectivity index (χ3n) is 8.68. The molecule has 42 heavy (non-hydrogen) atoms. The Labute approximate surface area is 251 Å². The number of hydrogen-bond donors (Lipinski definition) is 4. The molecule has 3 aliphatic rings. The van der Waals surface area contributed by atoms with E-state index in [0.29, 0.717) is 45.6 Å². The molecule has 2 amide bonds. The van der Waals surface area contributed by atoms with Crippen LogP contribution in [0.5, 0.6) is 11.5 Å². The highest BCUT2D eigenvalue weighted by Gasteiger charge is 2.51. The van der Waals surface area contributed by atoms with E-state index in [0.717, 1.165) is 24.8 Å². The van der Waals surface area contributed by atoms with Crippen molar-refractivity contribution >= 4 is 23.4 Å². The van der Waals surface area contributed by atoms with Crippen LogP contribution < -0.4 is 14.8 Å². The molecule has 0 aromatic heterocycles. The van der Waals surface area contributed by atoms with Crippen LogP contribution in [0, 0.1) is 5.92 Å². The van der Waals surface area contributed by atoms with Crippen LogP contribution >= 0.6 is 11.6 Å². The van der Waals surface area contributed by atoms with Gasteiger partial charge in [0.15, 0.2) is 11.5 Å². The highest BCUT2D eigenvalue weighted by molar-refractivity contribution is 6.30. The Kier molecular flexibility index (Phi) is 9.73. The van der Waals surface area contributed by atoms with Crippen molar-refractivity contribution in [2.24, 2.45) is 5.92 Å². The summed E-state index contributed by atoms with van der Waals surface area (Å²) in [7, 11) is 1.49. The van der Waals surface area contributed by atoms with Gasteiger partial charge in [0.05, 0.1) is 32.3 Å². The maximum atomic E-state index is 13.9. The van der Waals surface area contributed by atoms with Gasteiger partial charge >= 0.3 is 0 Å². The molecular weight excluding hydrogens is 560 g/mol. The van der Waals surface area contributed by atoms with Gasteiger partial charge in [0.25, 0.3) is 0 Å². The molecular formula is C32H39ClN2O7. The first kappa shape index (κ1) is 30.4. The number of fused-ring (bicyclic) bond motifs is 3. The number of benzene rings is 2. The Balaban J connectivity index is 1.54. The van der Waals surface area contributed by atoms with Gasteiger partial charge in [-0.2, -0.15) is 0 Å². The van der Waals surface area contributed by atoms with Crippen molar-refractivity contribution in [2.75, 3.05) is 20.3 Å². The fraction of sp³-hybridized carbons (Fsp3) is 0.500. The maximum Gasteiger partial charge on any atom is 0.247 e. The molecule has 10 heteroatoms. The van der Waals surface area contributed by atoms with E-state index in [9.17, 15) is 24.9 Å². The highest BCUT2D eigenvalue weighted by atomic mass is 35.5. The van der Waals surface area contributed by atoms with Crippen molar-refractivity contribution in [1.29, 1.82) is 0 Å². The Hall–Kier alpha value is -3.11. The number of ether oxygens (including phenoxy) is 2. The number of carbonyl (C=O) groups is 2. The molecule has 1 aliphatic heterocycles. The van der Waals surface area contributed by atoms with Gasteiger partial charge in [-0.15, -0.1) is 0 Å². The Bertz CT molecular complexity index is 1310. The molecule has 2 aromatic carbocycles. The molecule has 0 saturated heterocycles. The van der Waals surface area contributed by atoms with Crippen LogP contribution in [0.3, 0.4) is 0 Å². The number of halogens is 1. The van der Waals surface area contributed by atoms with Crippen molar-refractivity contribution in [3.63, 3.8) is 0 Å². The number of carbonyl (C=O) groups excluding carboxylic acids is 2. The summed E-state index contributed by atoms with van der Waals surface area (Å²) >= 11 is 6.12. The third kappa shape index (κ3) is 6.29.